The van der Waals surface area contributed by atoms with Crippen molar-refractivity contribution in [3.63, 3.8) is 0 Å². The van der Waals surface area contributed by atoms with Crippen LogP contribution in [0.3, 0.4) is 0 Å². The summed E-state index contributed by atoms with van der Waals surface area (Å²) < 4.78 is 25.5. The van der Waals surface area contributed by atoms with Crippen molar-refractivity contribution in [2.45, 2.75) is 18.9 Å². The molecule has 6 heteroatoms. The average Bonchev–Trinajstić information content (AvgIpc) is 3.13. The Labute approximate surface area is 178 Å². The van der Waals surface area contributed by atoms with Gasteiger partial charge in [0.15, 0.2) is 0 Å². The van der Waals surface area contributed by atoms with Gasteiger partial charge in [0.25, 0.3) is 0 Å². The number of carboxylic acids is 1. The van der Waals surface area contributed by atoms with Crippen molar-refractivity contribution in [1.29, 1.82) is 0 Å². The maximum Gasteiger partial charge on any atom is 0.304 e. The number of fused-ring (bicyclic) bond motifs is 1. The summed E-state index contributed by atoms with van der Waals surface area (Å²) in [5.41, 5.74) is 2.47. The number of aliphatic carboxylic acids is 1. The van der Waals surface area contributed by atoms with Crippen LogP contribution in [0.25, 0.3) is 0 Å². The lowest BCUT2D eigenvalue weighted by Crippen LogP contribution is -2.07. The number of hydrogen-bond acceptors (Lipinski definition) is 4. The molecule has 0 saturated carbocycles. The zero-order chi connectivity index (χ0) is 21.8. The summed E-state index contributed by atoms with van der Waals surface area (Å²) in [4.78, 5) is 11.0. The molecule has 1 unspecified atom stereocenters. The topological polar surface area (TPSA) is 76.0 Å². The quantitative estimate of drug-likeness (QED) is 0.599. The van der Waals surface area contributed by atoms with E-state index in [4.69, 9.17) is 14.6 Å². The Kier molecular flexibility index (Phi) is 5.76. The Bertz CT molecular complexity index is 1190. The molecular formula is C25H19FO5. The smallest absolute Gasteiger partial charge is 0.304 e. The number of carbonyl (C=O) groups is 1. The highest BCUT2D eigenvalue weighted by molar-refractivity contribution is 5.68. The van der Waals surface area contributed by atoms with Crippen molar-refractivity contribution in [1.82, 2.24) is 0 Å². The molecule has 0 radical (unpaired) electrons. The lowest BCUT2D eigenvalue weighted by molar-refractivity contribution is -0.137. The van der Waals surface area contributed by atoms with E-state index in [9.17, 15) is 14.3 Å². The SMILES string of the molecule is O=C(O)CC1COc2cc(OCc3cc(C#Cc4cccc(O)c4)ccc3F)ccc21. The molecule has 0 aromatic heterocycles. The summed E-state index contributed by atoms with van der Waals surface area (Å²) in [6.07, 6.45) is 0.00877. The monoisotopic (exact) mass is 418 g/mol. The predicted molar refractivity (Wildman–Crippen MR) is 112 cm³/mol. The molecular weight excluding hydrogens is 399 g/mol. The van der Waals surface area contributed by atoms with Crippen LogP contribution in [0.5, 0.6) is 17.2 Å². The number of ether oxygens (including phenoxy) is 2. The molecule has 3 aromatic rings. The summed E-state index contributed by atoms with van der Waals surface area (Å²) in [6, 6.07) is 16.4. The number of halogens is 1. The van der Waals surface area contributed by atoms with Crippen LogP contribution in [0.15, 0.2) is 60.7 Å². The Balaban J connectivity index is 1.46. The Morgan fingerprint density at radius 2 is 1.90 bits per heavy atom. The van der Waals surface area contributed by atoms with Crippen molar-refractivity contribution in [2.24, 2.45) is 0 Å². The van der Waals surface area contributed by atoms with Gasteiger partial charge in [-0.3, -0.25) is 4.79 Å². The van der Waals surface area contributed by atoms with E-state index in [1.807, 2.05) is 0 Å². The lowest BCUT2D eigenvalue weighted by atomic mass is 9.98. The zero-order valence-electron chi connectivity index (χ0n) is 16.5. The third-order valence-corrected chi connectivity index (χ3v) is 4.92. The van der Waals surface area contributed by atoms with Crippen LogP contribution in [0.4, 0.5) is 4.39 Å². The van der Waals surface area contributed by atoms with E-state index in [0.29, 0.717) is 34.8 Å². The lowest BCUT2D eigenvalue weighted by Gasteiger charge is -2.10. The summed E-state index contributed by atoms with van der Waals surface area (Å²) in [5, 5.41) is 18.5. The first-order valence-electron chi connectivity index (χ1n) is 9.69. The van der Waals surface area contributed by atoms with Gasteiger partial charge >= 0.3 is 5.97 Å². The summed E-state index contributed by atoms with van der Waals surface area (Å²) in [6.45, 7) is 0.324. The van der Waals surface area contributed by atoms with Crippen molar-refractivity contribution >= 4 is 5.97 Å². The van der Waals surface area contributed by atoms with Gasteiger partial charge in [-0.25, -0.2) is 4.39 Å². The van der Waals surface area contributed by atoms with Crippen molar-refractivity contribution < 1.29 is 28.9 Å². The summed E-state index contributed by atoms with van der Waals surface area (Å²) >= 11 is 0. The minimum absolute atomic E-state index is 0.00478. The second-order valence-corrected chi connectivity index (χ2v) is 7.20. The molecule has 0 spiro atoms. The van der Waals surface area contributed by atoms with Crippen molar-refractivity contribution in [3.8, 4) is 29.1 Å². The van der Waals surface area contributed by atoms with E-state index in [1.165, 1.54) is 6.07 Å². The third-order valence-electron chi connectivity index (χ3n) is 4.92. The van der Waals surface area contributed by atoms with Crippen molar-refractivity contribution in [2.75, 3.05) is 6.61 Å². The highest BCUT2D eigenvalue weighted by Crippen LogP contribution is 2.38. The van der Waals surface area contributed by atoms with Crippen LogP contribution in [-0.4, -0.2) is 22.8 Å². The molecule has 4 rings (SSSR count). The van der Waals surface area contributed by atoms with Crippen LogP contribution in [0.2, 0.25) is 0 Å². The minimum Gasteiger partial charge on any atom is -0.508 e. The molecule has 0 saturated heterocycles. The van der Waals surface area contributed by atoms with Gasteiger partial charge in [-0.1, -0.05) is 24.0 Å². The van der Waals surface area contributed by atoms with Gasteiger partial charge in [-0.2, -0.15) is 0 Å². The third kappa shape index (κ3) is 4.96. The number of rotatable bonds is 5. The summed E-state index contributed by atoms with van der Waals surface area (Å²) in [5.74, 6) is 5.67. The van der Waals surface area contributed by atoms with Gasteiger partial charge in [0.2, 0.25) is 0 Å². The van der Waals surface area contributed by atoms with E-state index >= 15 is 0 Å². The summed E-state index contributed by atoms with van der Waals surface area (Å²) in [7, 11) is 0. The van der Waals surface area contributed by atoms with E-state index in [0.717, 1.165) is 5.56 Å². The molecule has 5 nitrogen and oxygen atoms in total. The molecule has 1 aliphatic heterocycles. The molecule has 31 heavy (non-hydrogen) atoms. The van der Waals surface area contributed by atoms with Crippen molar-refractivity contribution in [3.05, 3.63) is 88.7 Å². The number of phenolic OH excluding ortho intramolecular Hbond substituents is 1. The first-order chi connectivity index (χ1) is 15.0. The molecule has 3 aromatic carbocycles. The first-order valence-corrected chi connectivity index (χ1v) is 9.69. The number of carboxylic acid groups (broad SMARTS) is 1. The normalized spacial score (nSPS) is 14.2. The van der Waals surface area contributed by atoms with E-state index in [1.54, 1.807) is 54.6 Å². The molecule has 1 aliphatic rings. The van der Waals surface area contributed by atoms with Gasteiger partial charge in [-0.15, -0.1) is 0 Å². The molecule has 2 N–H and O–H groups in total. The standard InChI is InChI=1S/C25H19FO5/c26-23-9-6-17(5-4-16-2-1-3-20(27)11-16)10-19(23)15-30-21-7-8-22-18(12-25(28)29)14-31-24(22)13-21/h1-3,6-11,13,18,27H,12,14-15H2,(H,28,29). The van der Waals surface area contributed by atoms with Crippen LogP contribution >= 0.6 is 0 Å². The fourth-order valence-electron chi connectivity index (χ4n) is 3.38. The van der Waals surface area contributed by atoms with Gasteiger partial charge in [-0.05, 0) is 42.5 Å². The van der Waals surface area contributed by atoms with E-state index in [2.05, 4.69) is 11.8 Å². The Morgan fingerprint density at radius 3 is 2.68 bits per heavy atom. The number of hydrogen-bond donors (Lipinski definition) is 2. The zero-order valence-corrected chi connectivity index (χ0v) is 16.5. The maximum absolute atomic E-state index is 14.2. The van der Waals surface area contributed by atoms with Crippen LogP contribution in [-0.2, 0) is 11.4 Å². The minimum atomic E-state index is -0.871. The highest BCUT2D eigenvalue weighted by Gasteiger charge is 2.26. The van der Waals surface area contributed by atoms with Gasteiger partial charge in [0.05, 0.1) is 13.0 Å². The second kappa shape index (κ2) is 8.80. The fourth-order valence-corrected chi connectivity index (χ4v) is 3.38. The van der Waals surface area contributed by atoms with Crippen LogP contribution in [0, 0.1) is 17.7 Å². The molecule has 1 heterocycles. The fraction of sp³-hybridized carbons (Fsp3) is 0.160. The Morgan fingerprint density at radius 1 is 1.10 bits per heavy atom. The van der Waals surface area contributed by atoms with Gasteiger partial charge in [0.1, 0.15) is 29.7 Å². The highest BCUT2D eigenvalue weighted by atomic mass is 19.1. The van der Waals surface area contributed by atoms with Gasteiger partial charge in [0, 0.05) is 34.2 Å². The van der Waals surface area contributed by atoms with Gasteiger partial charge < -0.3 is 19.7 Å². The molecule has 0 bridgehead atoms. The van der Waals surface area contributed by atoms with E-state index < -0.39 is 11.8 Å². The largest absolute Gasteiger partial charge is 0.508 e. The maximum atomic E-state index is 14.2. The molecule has 1 atom stereocenters. The first kappa shape index (κ1) is 20.3. The molecule has 0 aliphatic carbocycles. The average molecular weight is 418 g/mol. The molecule has 0 fully saturated rings. The van der Waals surface area contributed by atoms with Crippen LogP contribution < -0.4 is 9.47 Å². The van der Waals surface area contributed by atoms with Crippen LogP contribution in [0.1, 0.15) is 34.6 Å². The second-order valence-electron chi connectivity index (χ2n) is 7.20. The molecule has 0 amide bonds. The molecule has 156 valence electrons. The predicted octanol–water partition coefficient (Wildman–Crippen LogP) is 4.46. The Hall–Kier alpha value is -3.98. The number of phenols is 1. The number of aromatic hydroxyl groups is 1. The number of benzene rings is 3. The van der Waals surface area contributed by atoms with E-state index in [-0.39, 0.29) is 24.7 Å².